The summed E-state index contributed by atoms with van der Waals surface area (Å²) in [5.41, 5.74) is 1.57. The minimum Gasteiger partial charge on any atom is -0.508 e. The molecule has 42 heavy (non-hydrogen) atoms. The topological polar surface area (TPSA) is 120 Å². The number of phenols is 1. The van der Waals surface area contributed by atoms with Crippen LogP contribution in [0.15, 0.2) is 66.9 Å². The number of hydrogen-bond acceptors (Lipinski definition) is 9. The molecule has 2 aromatic carbocycles. The van der Waals surface area contributed by atoms with E-state index in [0.717, 1.165) is 62.0 Å². The monoisotopic (exact) mass is 591 g/mol. The van der Waals surface area contributed by atoms with Crippen molar-refractivity contribution in [2.75, 3.05) is 38.2 Å². The second-order valence-corrected chi connectivity index (χ2v) is 11.3. The molecule has 0 bridgehead atoms. The minimum absolute atomic E-state index is 0.0972. The van der Waals surface area contributed by atoms with Gasteiger partial charge in [-0.1, -0.05) is 18.2 Å². The number of halogens is 1. The van der Waals surface area contributed by atoms with Crippen LogP contribution in [0.3, 0.4) is 0 Å². The molecule has 2 aromatic heterocycles. The van der Waals surface area contributed by atoms with Gasteiger partial charge in [-0.25, -0.2) is 14.4 Å². The number of aromatic hydroxyl groups is 1. The van der Waals surface area contributed by atoms with E-state index in [4.69, 9.17) is 4.74 Å². The van der Waals surface area contributed by atoms with Crippen molar-refractivity contribution < 1.29 is 24.1 Å². The van der Waals surface area contributed by atoms with Crippen molar-refractivity contribution in [1.29, 1.82) is 0 Å². The van der Waals surface area contributed by atoms with E-state index in [0.29, 0.717) is 33.7 Å². The van der Waals surface area contributed by atoms with E-state index < -0.39 is 5.82 Å². The van der Waals surface area contributed by atoms with Gasteiger partial charge >= 0.3 is 0 Å². The molecule has 3 heterocycles. The fourth-order valence-corrected chi connectivity index (χ4v) is 5.70. The van der Waals surface area contributed by atoms with Crippen LogP contribution in [0.1, 0.15) is 34.5 Å². The lowest BCUT2D eigenvalue weighted by Gasteiger charge is -2.30. The molecule has 1 amide bonds. The number of aliphatic hydroxyl groups is 1. The molecule has 4 N–H and O–H groups in total. The molecule has 0 unspecified atom stereocenters. The predicted octanol–water partition coefficient (Wildman–Crippen LogP) is 5.20. The first-order valence-corrected chi connectivity index (χ1v) is 14.8. The lowest BCUT2D eigenvalue weighted by molar-refractivity contribution is 0.0955. The summed E-state index contributed by atoms with van der Waals surface area (Å²) >= 11 is 1.13. The third-order valence-electron chi connectivity index (χ3n) is 7.11. The van der Waals surface area contributed by atoms with E-state index in [1.165, 1.54) is 0 Å². The second kappa shape index (κ2) is 14.2. The number of nitrogens with one attached hydrogen (secondary N) is 2. The van der Waals surface area contributed by atoms with Gasteiger partial charge in [-0.05, 0) is 80.2 Å². The number of hydrogen-bond donors (Lipinski definition) is 4. The van der Waals surface area contributed by atoms with Crippen LogP contribution >= 0.6 is 11.3 Å². The van der Waals surface area contributed by atoms with Gasteiger partial charge in [0, 0.05) is 31.5 Å². The summed E-state index contributed by atoms with van der Waals surface area (Å²) in [4.78, 5) is 24.4. The smallest absolute Gasteiger partial charge is 0.261 e. The molecule has 0 saturated carbocycles. The summed E-state index contributed by atoms with van der Waals surface area (Å²) in [6.45, 7) is 4.12. The Labute approximate surface area is 248 Å². The molecular weight excluding hydrogens is 557 g/mol. The van der Waals surface area contributed by atoms with E-state index in [-0.39, 0.29) is 36.5 Å². The highest BCUT2D eigenvalue weighted by Crippen LogP contribution is 2.30. The number of anilines is 2. The van der Waals surface area contributed by atoms with E-state index in [2.05, 4.69) is 25.5 Å². The van der Waals surface area contributed by atoms with Crippen LogP contribution in [0.2, 0.25) is 0 Å². The lowest BCUT2D eigenvalue weighted by atomic mass is 9.98. The molecule has 0 radical (unpaired) electrons. The molecule has 0 atom stereocenters. The van der Waals surface area contributed by atoms with Crippen LogP contribution in [-0.4, -0.2) is 63.8 Å². The highest BCUT2D eigenvalue weighted by molar-refractivity contribution is 7.17. The minimum atomic E-state index is -0.591. The average Bonchev–Trinajstić information content (AvgIpc) is 3.50. The van der Waals surface area contributed by atoms with Crippen LogP contribution in [0, 0.1) is 11.7 Å². The summed E-state index contributed by atoms with van der Waals surface area (Å²) in [6.07, 6.45) is 4.10. The average molecular weight is 592 g/mol. The Morgan fingerprint density at radius 2 is 1.95 bits per heavy atom. The number of nitrogens with zero attached hydrogens (tertiary/aromatic N) is 3. The fourth-order valence-electron chi connectivity index (χ4n) is 4.79. The number of phenolic OH excluding ortho intramolecular Hbond substituents is 1. The standard InChI is InChI=1S/C31H34FN5O4S/c32-26-19-34-31(35-23-5-2-7-25(17-23)41-15-3-12-37-13-10-21(20-38)11-14-37)36-29(26)27-8-9-28(42-27)30(40)33-18-22-4-1-6-24(39)16-22/h1-2,4-9,16-17,19,21,38-39H,3,10-15,18,20H2,(H,33,40)(H,34,35,36). The zero-order chi connectivity index (χ0) is 29.3. The SMILES string of the molecule is O=C(NCc1cccc(O)c1)c1ccc(-c2nc(Nc3cccc(OCCCN4CCC(CO)CC4)c3)ncc2F)s1. The quantitative estimate of drug-likeness (QED) is 0.166. The molecule has 220 valence electrons. The number of carbonyl (C=O) groups excluding carboxylic acids is 1. The Bertz CT molecular complexity index is 1490. The molecule has 5 rings (SSSR count). The highest BCUT2D eigenvalue weighted by Gasteiger charge is 2.18. The van der Waals surface area contributed by atoms with Gasteiger partial charge in [0.15, 0.2) is 5.82 Å². The van der Waals surface area contributed by atoms with E-state index in [9.17, 15) is 19.4 Å². The maximum atomic E-state index is 14.7. The van der Waals surface area contributed by atoms with Crippen molar-refractivity contribution in [1.82, 2.24) is 20.2 Å². The van der Waals surface area contributed by atoms with Crippen LogP contribution < -0.4 is 15.4 Å². The van der Waals surface area contributed by atoms with Crippen molar-refractivity contribution in [3.63, 3.8) is 0 Å². The van der Waals surface area contributed by atoms with E-state index in [1.807, 2.05) is 24.3 Å². The molecule has 4 aromatic rings. The number of amides is 1. The molecule has 9 nitrogen and oxygen atoms in total. The first-order valence-electron chi connectivity index (χ1n) is 14.0. The number of carbonyl (C=O) groups is 1. The summed E-state index contributed by atoms with van der Waals surface area (Å²) in [5, 5.41) is 24.8. The third-order valence-corrected chi connectivity index (χ3v) is 8.20. The molecule has 0 aliphatic carbocycles. The van der Waals surface area contributed by atoms with Crippen molar-refractivity contribution in [3.05, 3.63) is 83.1 Å². The van der Waals surface area contributed by atoms with E-state index >= 15 is 0 Å². The van der Waals surface area contributed by atoms with Gasteiger partial charge in [0.05, 0.1) is 22.6 Å². The molecule has 1 aliphatic heterocycles. The van der Waals surface area contributed by atoms with Gasteiger partial charge in [0.25, 0.3) is 5.91 Å². The molecular formula is C31H34FN5O4S. The first kappa shape index (κ1) is 29.4. The van der Waals surface area contributed by atoms with Gasteiger partial charge < -0.3 is 30.5 Å². The van der Waals surface area contributed by atoms with Gasteiger partial charge in [0.2, 0.25) is 5.95 Å². The molecule has 11 heteroatoms. The number of rotatable bonds is 12. The summed E-state index contributed by atoms with van der Waals surface area (Å²) in [6, 6.07) is 17.4. The lowest BCUT2D eigenvalue weighted by Crippen LogP contribution is -2.35. The Balaban J connectivity index is 1.15. The fraction of sp³-hybridized carbons (Fsp3) is 0.323. The Kier molecular flexibility index (Phi) is 9.96. The van der Waals surface area contributed by atoms with Crippen LogP contribution in [0.5, 0.6) is 11.5 Å². The van der Waals surface area contributed by atoms with Gasteiger partial charge in [0.1, 0.15) is 17.2 Å². The number of thiophene rings is 1. The number of ether oxygens (including phenoxy) is 1. The number of likely N-dealkylation sites (tertiary alicyclic amines) is 1. The highest BCUT2D eigenvalue weighted by atomic mass is 32.1. The molecule has 0 spiro atoms. The Morgan fingerprint density at radius 1 is 1.12 bits per heavy atom. The Morgan fingerprint density at radius 3 is 2.76 bits per heavy atom. The van der Waals surface area contributed by atoms with Crippen LogP contribution in [-0.2, 0) is 6.54 Å². The molecule has 1 fully saturated rings. The third kappa shape index (κ3) is 8.03. The van der Waals surface area contributed by atoms with Crippen LogP contribution in [0.4, 0.5) is 16.0 Å². The van der Waals surface area contributed by atoms with Gasteiger partial charge in [-0.2, -0.15) is 0 Å². The maximum Gasteiger partial charge on any atom is 0.261 e. The summed E-state index contributed by atoms with van der Waals surface area (Å²) < 4.78 is 20.7. The zero-order valence-corrected chi connectivity index (χ0v) is 23.9. The zero-order valence-electron chi connectivity index (χ0n) is 23.1. The summed E-state index contributed by atoms with van der Waals surface area (Å²) in [7, 11) is 0. The predicted molar refractivity (Wildman–Crippen MR) is 161 cm³/mol. The van der Waals surface area contributed by atoms with Gasteiger partial charge in [-0.3, -0.25) is 4.79 Å². The molecule has 1 aliphatic rings. The van der Waals surface area contributed by atoms with Crippen molar-refractivity contribution in [2.24, 2.45) is 5.92 Å². The second-order valence-electron chi connectivity index (χ2n) is 10.2. The Hall–Kier alpha value is -4.06. The van der Waals surface area contributed by atoms with Crippen molar-refractivity contribution in [2.45, 2.75) is 25.8 Å². The normalized spacial score (nSPS) is 14.0. The van der Waals surface area contributed by atoms with Crippen molar-refractivity contribution in [3.8, 4) is 22.1 Å². The van der Waals surface area contributed by atoms with Crippen LogP contribution in [0.25, 0.3) is 10.6 Å². The number of aliphatic hydroxyl groups excluding tert-OH is 1. The van der Waals surface area contributed by atoms with Crippen molar-refractivity contribution >= 4 is 28.9 Å². The number of aromatic nitrogens is 2. The first-order chi connectivity index (χ1) is 20.5. The largest absolute Gasteiger partial charge is 0.508 e. The molecule has 1 saturated heterocycles. The van der Waals surface area contributed by atoms with E-state index in [1.54, 1.807) is 36.4 Å². The van der Waals surface area contributed by atoms with Gasteiger partial charge in [-0.15, -0.1) is 11.3 Å². The summed E-state index contributed by atoms with van der Waals surface area (Å²) in [5.74, 6) is 0.604. The number of piperidine rings is 1. The number of benzene rings is 2. The maximum absolute atomic E-state index is 14.7.